The van der Waals surface area contributed by atoms with E-state index in [-0.39, 0.29) is 42.2 Å². The molecule has 0 aliphatic carbocycles. The number of hydrogen-bond acceptors (Lipinski definition) is 5. The third-order valence-corrected chi connectivity index (χ3v) is 4.32. The molecule has 2 rings (SSSR count). The number of ether oxygens (including phenoxy) is 1. The zero-order valence-corrected chi connectivity index (χ0v) is 15.6. The van der Waals surface area contributed by atoms with Crippen molar-refractivity contribution in [2.24, 2.45) is 0 Å². The van der Waals surface area contributed by atoms with Gasteiger partial charge in [-0.2, -0.15) is 18.3 Å². The number of halogens is 4. The molecular formula is C16H16ClF3N4O4. The largest absolute Gasteiger partial charge is 0.490 e. The number of aromatic nitrogens is 2. The van der Waals surface area contributed by atoms with Crippen LogP contribution in [-0.2, 0) is 12.7 Å². The van der Waals surface area contributed by atoms with E-state index in [1.54, 1.807) is 0 Å². The molecule has 0 saturated heterocycles. The van der Waals surface area contributed by atoms with Gasteiger partial charge in [0.1, 0.15) is 0 Å². The standard InChI is InChI=1S/C16H16ClF3N4O4/c1-9-13(17)14(16(18,19)20)22-23(9)7-3-6-21-15(25)10-4-5-12(28-2)11(8-10)24(26)27/h4-5,8H,3,6-7H2,1-2H3,(H,21,25). The fourth-order valence-corrected chi connectivity index (χ4v) is 2.67. The Balaban J connectivity index is 1.97. The van der Waals surface area contributed by atoms with Crippen LogP contribution in [0.3, 0.4) is 0 Å². The summed E-state index contributed by atoms with van der Waals surface area (Å²) in [5, 5.41) is 16.6. The maximum atomic E-state index is 12.8. The molecule has 1 amide bonds. The average Bonchev–Trinajstić information content (AvgIpc) is 2.93. The lowest BCUT2D eigenvalue weighted by Gasteiger charge is -2.08. The van der Waals surface area contributed by atoms with Crippen molar-refractivity contribution in [3.63, 3.8) is 0 Å². The van der Waals surface area contributed by atoms with Gasteiger partial charge in [0.15, 0.2) is 11.4 Å². The van der Waals surface area contributed by atoms with E-state index in [2.05, 4.69) is 10.4 Å². The van der Waals surface area contributed by atoms with Gasteiger partial charge in [-0.1, -0.05) is 11.6 Å². The monoisotopic (exact) mass is 420 g/mol. The number of hydrogen-bond donors (Lipinski definition) is 1. The Hall–Kier alpha value is -2.82. The van der Waals surface area contributed by atoms with Gasteiger partial charge in [-0.3, -0.25) is 19.6 Å². The Bertz CT molecular complexity index is 899. The summed E-state index contributed by atoms with van der Waals surface area (Å²) in [4.78, 5) is 22.4. The highest BCUT2D eigenvalue weighted by Gasteiger charge is 2.38. The van der Waals surface area contributed by atoms with Gasteiger partial charge in [0, 0.05) is 24.7 Å². The molecule has 152 valence electrons. The highest BCUT2D eigenvalue weighted by Crippen LogP contribution is 2.35. The lowest BCUT2D eigenvalue weighted by molar-refractivity contribution is -0.385. The summed E-state index contributed by atoms with van der Waals surface area (Å²) in [6.07, 6.45) is -4.37. The number of amides is 1. The average molecular weight is 421 g/mol. The number of carbonyl (C=O) groups is 1. The first-order valence-electron chi connectivity index (χ1n) is 7.97. The maximum Gasteiger partial charge on any atom is 0.436 e. The van der Waals surface area contributed by atoms with Gasteiger partial charge in [-0.05, 0) is 25.5 Å². The number of nitrogens with one attached hydrogen (secondary N) is 1. The molecule has 0 saturated carbocycles. The zero-order chi connectivity index (χ0) is 21.1. The minimum Gasteiger partial charge on any atom is -0.490 e. The summed E-state index contributed by atoms with van der Waals surface area (Å²) >= 11 is 5.67. The summed E-state index contributed by atoms with van der Waals surface area (Å²) < 4.78 is 44.4. The predicted molar refractivity (Wildman–Crippen MR) is 93.6 cm³/mol. The molecule has 1 aromatic heterocycles. The molecule has 1 N–H and O–H groups in total. The number of alkyl halides is 3. The molecule has 0 atom stereocenters. The molecule has 0 radical (unpaired) electrons. The minimum atomic E-state index is -4.65. The summed E-state index contributed by atoms with van der Waals surface area (Å²) in [7, 11) is 1.27. The van der Waals surface area contributed by atoms with Crippen LogP contribution in [0.15, 0.2) is 18.2 Å². The van der Waals surface area contributed by atoms with E-state index >= 15 is 0 Å². The molecule has 12 heteroatoms. The second-order valence-electron chi connectivity index (χ2n) is 5.72. The fourth-order valence-electron chi connectivity index (χ4n) is 2.43. The normalized spacial score (nSPS) is 11.4. The number of nitro groups is 1. The Morgan fingerprint density at radius 1 is 1.43 bits per heavy atom. The first kappa shape index (κ1) is 21.5. The minimum absolute atomic E-state index is 0.0213. The Morgan fingerprint density at radius 2 is 2.11 bits per heavy atom. The molecule has 0 bridgehead atoms. The number of nitro benzene ring substituents is 1. The van der Waals surface area contributed by atoms with Crippen molar-refractivity contribution < 1.29 is 27.6 Å². The first-order chi connectivity index (χ1) is 13.1. The molecular weight excluding hydrogens is 405 g/mol. The Labute approximate surface area is 162 Å². The van der Waals surface area contributed by atoms with Gasteiger partial charge in [0.2, 0.25) is 0 Å². The fraction of sp³-hybridized carbons (Fsp3) is 0.375. The highest BCUT2D eigenvalue weighted by molar-refractivity contribution is 6.31. The highest BCUT2D eigenvalue weighted by atomic mass is 35.5. The van der Waals surface area contributed by atoms with Crippen LogP contribution in [0.5, 0.6) is 5.75 Å². The Morgan fingerprint density at radius 3 is 2.64 bits per heavy atom. The van der Waals surface area contributed by atoms with Crippen LogP contribution in [0.4, 0.5) is 18.9 Å². The van der Waals surface area contributed by atoms with Crippen LogP contribution >= 0.6 is 11.6 Å². The van der Waals surface area contributed by atoms with E-state index in [0.717, 1.165) is 10.7 Å². The molecule has 1 heterocycles. The van der Waals surface area contributed by atoms with Crippen LogP contribution in [0.2, 0.25) is 5.02 Å². The van der Waals surface area contributed by atoms with Gasteiger partial charge in [0.05, 0.1) is 22.7 Å². The molecule has 0 spiro atoms. The molecule has 0 fully saturated rings. The second-order valence-corrected chi connectivity index (χ2v) is 6.10. The molecule has 0 aliphatic heterocycles. The summed E-state index contributed by atoms with van der Waals surface area (Å²) in [5.41, 5.74) is -1.27. The SMILES string of the molecule is COc1ccc(C(=O)NCCCn2nc(C(F)(F)F)c(Cl)c2C)cc1[N+](=O)[O-]. The lowest BCUT2D eigenvalue weighted by atomic mass is 10.1. The predicted octanol–water partition coefficient (Wildman–Crippen LogP) is 3.60. The first-order valence-corrected chi connectivity index (χ1v) is 8.34. The summed E-state index contributed by atoms with van der Waals surface area (Å²) in [6.45, 7) is 1.64. The number of methoxy groups -OCH3 is 1. The maximum absolute atomic E-state index is 12.8. The van der Waals surface area contributed by atoms with Crippen LogP contribution < -0.4 is 10.1 Å². The molecule has 28 heavy (non-hydrogen) atoms. The second kappa shape index (κ2) is 8.46. The van der Waals surface area contributed by atoms with Crippen molar-refractivity contribution >= 4 is 23.2 Å². The van der Waals surface area contributed by atoms with Gasteiger partial charge in [-0.25, -0.2) is 0 Å². The van der Waals surface area contributed by atoms with Crippen molar-refractivity contribution in [1.82, 2.24) is 15.1 Å². The number of aryl methyl sites for hydroxylation is 1. The lowest BCUT2D eigenvalue weighted by Crippen LogP contribution is -2.25. The van der Waals surface area contributed by atoms with E-state index in [9.17, 15) is 28.1 Å². The van der Waals surface area contributed by atoms with Gasteiger partial charge in [-0.15, -0.1) is 0 Å². The van der Waals surface area contributed by atoms with Gasteiger partial charge in [0.25, 0.3) is 5.91 Å². The van der Waals surface area contributed by atoms with Crippen molar-refractivity contribution in [2.45, 2.75) is 26.1 Å². The van der Waals surface area contributed by atoms with Crippen molar-refractivity contribution in [3.05, 3.63) is 50.3 Å². The van der Waals surface area contributed by atoms with Crippen molar-refractivity contribution in [3.8, 4) is 5.75 Å². The molecule has 1 aromatic carbocycles. The molecule has 8 nitrogen and oxygen atoms in total. The topological polar surface area (TPSA) is 99.3 Å². The van der Waals surface area contributed by atoms with Crippen LogP contribution in [0, 0.1) is 17.0 Å². The smallest absolute Gasteiger partial charge is 0.436 e. The molecule has 2 aromatic rings. The van der Waals surface area contributed by atoms with Crippen molar-refractivity contribution in [1.29, 1.82) is 0 Å². The number of carbonyl (C=O) groups excluding carboxylic acids is 1. The number of rotatable bonds is 7. The van der Waals surface area contributed by atoms with E-state index in [1.165, 1.54) is 26.2 Å². The molecule has 0 unspecified atom stereocenters. The molecule has 0 aliphatic rings. The van der Waals surface area contributed by atoms with Crippen LogP contribution in [0.1, 0.15) is 28.2 Å². The summed E-state index contributed by atoms with van der Waals surface area (Å²) in [6, 6.07) is 3.76. The summed E-state index contributed by atoms with van der Waals surface area (Å²) in [5.74, 6) is -0.537. The third-order valence-electron chi connectivity index (χ3n) is 3.87. The zero-order valence-electron chi connectivity index (χ0n) is 14.8. The van der Waals surface area contributed by atoms with Gasteiger partial charge < -0.3 is 10.1 Å². The third kappa shape index (κ3) is 4.71. The number of nitrogens with zero attached hydrogens (tertiary/aromatic N) is 3. The van der Waals surface area contributed by atoms with E-state index in [1.807, 2.05) is 0 Å². The quantitative estimate of drug-likeness (QED) is 0.419. The van der Waals surface area contributed by atoms with E-state index < -0.39 is 27.7 Å². The van der Waals surface area contributed by atoms with Crippen LogP contribution in [-0.4, -0.2) is 34.3 Å². The Kier molecular flexibility index (Phi) is 6.49. The van der Waals surface area contributed by atoms with Crippen molar-refractivity contribution in [2.75, 3.05) is 13.7 Å². The van der Waals surface area contributed by atoms with Gasteiger partial charge >= 0.3 is 11.9 Å². The van der Waals surface area contributed by atoms with Crippen LogP contribution in [0.25, 0.3) is 0 Å². The van der Waals surface area contributed by atoms with E-state index in [0.29, 0.717) is 0 Å². The number of benzene rings is 1. The van der Waals surface area contributed by atoms with E-state index in [4.69, 9.17) is 16.3 Å².